The van der Waals surface area contributed by atoms with Gasteiger partial charge in [-0.2, -0.15) is 5.10 Å². The highest BCUT2D eigenvalue weighted by atomic mass is 19.1. The fourth-order valence-electron chi connectivity index (χ4n) is 3.07. The Labute approximate surface area is 159 Å². The van der Waals surface area contributed by atoms with E-state index in [1.807, 2.05) is 0 Å². The molecule has 0 spiro atoms. The largest absolute Gasteiger partial charge is 0.289 e. The van der Waals surface area contributed by atoms with Crippen molar-refractivity contribution in [3.8, 4) is 5.69 Å². The summed E-state index contributed by atoms with van der Waals surface area (Å²) in [6.07, 6.45) is 1.98. The van der Waals surface area contributed by atoms with E-state index in [0.29, 0.717) is 29.7 Å². The molecule has 0 saturated heterocycles. The maximum Gasteiger partial charge on any atom is 0.247 e. The lowest BCUT2D eigenvalue weighted by molar-refractivity contribution is -0.128. The van der Waals surface area contributed by atoms with E-state index in [4.69, 9.17) is 5.21 Å². The Morgan fingerprint density at radius 3 is 2.61 bits per heavy atom. The standard InChI is InChI=1S/C20H18F3N3O2/c1-12-13(3-2-4-16(12)22)5-7-18-14(9-20(27)25-28)11-24-26(18)19-8-6-15(21)10-17(19)23/h2-4,6,8,10-11,28H,5,7,9H2,1H3,(H,25,27). The monoisotopic (exact) mass is 389 g/mol. The first-order chi connectivity index (χ1) is 13.4. The molecule has 2 N–H and O–H groups in total. The Kier molecular flexibility index (Phi) is 5.79. The van der Waals surface area contributed by atoms with Gasteiger partial charge in [-0.25, -0.2) is 23.3 Å². The SMILES string of the molecule is Cc1c(F)cccc1CCc1c(CC(=O)NO)cnn1-c1ccc(F)cc1F. The third-order valence-electron chi connectivity index (χ3n) is 4.58. The first kappa shape index (κ1) is 19.6. The molecule has 0 bridgehead atoms. The zero-order valence-corrected chi connectivity index (χ0v) is 15.0. The topological polar surface area (TPSA) is 67.2 Å². The summed E-state index contributed by atoms with van der Waals surface area (Å²) in [6, 6.07) is 7.88. The summed E-state index contributed by atoms with van der Waals surface area (Å²) in [7, 11) is 0. The maximum atomic E-state index is 14.3. The van der Waals surface area contributed by atoms with Gasteiger partial charge in [0.2, 0.25) is 5.91 Å². The van der Waals surface area contributed by atoms with E-state index >= 15 is 0 Å². The van der Waals surface area contributed by atoms with Crippen LogP contribution in [0.3, 0.4) is 0 Å². The molecule has 1 amide bonds. The van der Waals surface area contributed by atoms with Crippen LogP contribution in [0.4, 0.5) is 13.2 Å². The lowest BCUT2D eigenvalue weighted by Gasteiger charge is -2.12. The molecule has 1 heterocycles. The first-order valence-corrected chi connectivity index (χ1v) is 8.59. The van der Waals surface area contributed by atoms with Gasteiger partial charge in [-0.1, -0.05) is 12.1 Å². The molecule has 3 aromatic rings. The van der Waals surface area contributed by atoms with Gasteiger partial charge in [0.05, 0.1) is 12.6 Å². The summed E-state index contributed by atoms with van der Waals surface area (Å²) in [4.78, 5) is 11.6. The van der Waals surface area contributed by atoms with Gasteiger partial charge in [0.1, 0.15) is 17.3 Å². The van der Waals surface area contributed by atoms with Crippen molar-refractivity contribution in [2.24, 2.45) is 0 Å². The van der Waals surface area contributed by atoms with E-state index in [-0.39, 0.29) is 17.9 Å². The minimum Gasteiger partial charge on any atom is -0.289 e. The number of carbonyl (C=O) groups is 1. The van der Waals surface area contributed by atoms with Gasteiger partial charge < -0.3 is 0 Å². The number of nitrogens with one attached hydrogen (secondary N) is 1. The van der Waals surface area contributed by atoms with Crippen LogP contribution in [0, 0.1) is 24.4 Å². The molecule has 3 rings (SSSR count). The second-order valence-corrected chi connectivity index (χ2v) is 6.36. The molecular formula is C20H18F3N3O2. The minimum absolute atomic E-state index is 0.0306. The number of aryl methyl sites for hydroxylation is 1. The number of aromatic nitrogens is 2. The predicted octanol–water partition coefficient (Wildman–Crippen LogP) is 3.43. The number of hydroxylamine groups is 1. The van der Waals surface area contributed by atoms with Crippen molar-refractivity contribution in [3.63, 3.8) is 0 Å². The van der Waals surface area contributed by atoms with Crippen molar-refractivity contribution in [3.05, 3.63) is 82.4 Å². The summed E-state index contributed by atoms with van der Waals surface area (Å²) in [6.45, 7) is 1.67. The molecule has 0 aliphatic heterocycles. The Morgan fingerprint density at radius 1 is 1.11 bits per heavy atom. The number of benzene rings is 2. The summed E-state index contributed by atoms with van der Waals surface area (Å²) >= 11 is 0. The Balaban J connectivity index is 1.99. The summed E-state index contributed by atoms with van der Waals surface area (Å²) < 4.78 is 42.6. The van der Waals surface area contributed by atoms with Crippen LogP contribution in [0.1, 0.15) is 22.4 Å². The number of amides is 1. The van der Waals surface area contributed by atoms with Gasteiger partial charge in [-0.05, 0) is 49.1 Å². The van der Waals surface area contributed by atoms with Crippen molar-refractivity contribution in [1.82, 2.24) is 15.3 Å². The highest BCUT2D eigenvalue weighted by Gasteiger charge is 2.18. The zero-order valence-electron chi connectivity index (χ0n) is 15.0. The van der Waals surface area contributed by atoms with Gasteiger partial charge in [0.15, 0.2) is 5.82 Å². The van der Waals surface area contributed by atoms with Crippen molar-refractivity contribution in [2.75, 3.05) is 0 Å². The van der Waals surface area contributed by atoms with Crippen LogP contribution in [0.25, 0.3) is 5.69 Å². The zero-order chi connectivity index (χ0) is 20.3. The molecule has 146 valence electrons. The minimum atomic E-state index is -0.801. The number of rotatable bonds is 6. The number of carbonyl (C=O) groups excluding carboxylic acids is 1. The van der Waals surface area contributed by atoms with Crippen molar-refractivity contribution in [2.45, 2.75) is 26.2 Å². The van der Waals surface area contributed by atoms with Crippen molar-refractivity contribution < 1.29 is 23.2 Å². The number of halogens is 3. The summed E-state index contributed by atoms with van der Waals surface area (Å²) in [5.74, 6) is -2.49. The number of hydrogen-bond donors (Lipinski definition) is 2. The van der Waals surface area contributed by atoms with Gasteiger partial charge >= 0.3 is 0 Å². The molecule has 28 heavy (non-hydrogen) atoms. The van der Waals surface area contributed by atoms with Crippen LogP contribution in [0.15, 0.2) is 42.6 Å². The van der Waals surface area contributed by atoms with E-state index in [0.717, 1.165) is 17.7 Å². The van der Waals surface area contributed by atoms with E-state index in [2.05, 4.69) is 5.10 Å². The molecule has 0 radical (unpaired) electrons. The molecule has 0 saturated carbocycles. The molecule has 0 unspecified atom stereocenters. The third-order valence-corrected chi connectivity index (χ3v) is 4.58. The predicted molar refractivity (Wildman–Crippen MR) is 95.7 cm³/mol. The quantitative estimate of drug-likeness (QED) is 0.501. The lowest BCUT2D eigenvalue weighted by atomic mass is 10.0. The Morgan fingerprint density at radius 2 is 1.89 bits per heavy atom. The molecule has 2 aromatic carbocycles. The fraction of sp³-hybridized carbons (Fsp3) is 0.200. The second kappa shape index (κ2) is 8.26. The smallest absolute Gasteiger partial charge is 0.247 e. The number of hydrogen-bond acceptors (Lipinski definition) is 3. The number of nitrogens with zero attached hydrogens (tertiary/aromatic N) is 2. The van der Waals surface area contributed by atoms with Crippen molar-refractivity contribution >= 4 is 5.91 Å². The van der Waals surface area contributed by atoms with Crippen LogP contribution in [-0.2, 0) is 24.1 Å². The summed E-state index contributed by atoms with van der Waals surface area (Å²) in [5.41, 5.74) is 3.85. The normalized spacial score (nSPS) is 10.9. The van der Waals surface area contributed by atoms with Gasteiger partial charge in [-0.3, -0.25) is 10.0 Å². The van der Waals surface area contributed by atoms with E-state index in [1.165, 1.54) is 23.0 Å². The highest BCUT2D eigenvalue weighted by molar-refractivity contribution is 5.77. The van der Waals surface area contributed by atoms with E-state index in [9.17, 15) is 18.0 Å². The molecule has 0 aliphatic rings. The summed E-state index contributed by atoms with van der Waals surface area (Å²) in [5, 5.41) is 12.9. The molecule has 0 atom stereocenters. The lowest BCUT2D eigenvalue weighted by Crippen LogP contribution is -2.21. The van der Waals surface area contributed by atoms with Crippen LogP contribution >= 0.6 is 0 Å². The molecule has 0 aliphatic carbocycles. The molecule has 0 fully saturated rings. The molecule has 5 nitrogen and oxygen atoms in total. The average Bonchev–Trinajstić information content (AvgIpc) is 3.05. The van der Waals surface area contributed by atoms with E-state index < -0.39 is 17.5 Å². The third kappa shape index (κ3) is 4.07. The Bertz CT molecular complexity index is 1020. The van der Waals surface area contributed by atoms with Crippen LogP contribution in [-0.4, -0.2) is 20.9 Å². The molecule has 8 heteroatoms. The second-order valence-electron chi connectivity index (χ2n) is 6.36. The van der Waals surface area contributed by atoms with Crippen LogP contribution in [0.5, 0.6) is 0 Å². The van der Waals surface area contributed by atoms with E-state index in [1.54, 1.807) is 24.5 Å². The van der Waals surface area contributed by atoms with Gasteiger partial charge in [0.25, 0.3) is 0 Å². The van der Waals surface area contributed by atoms with Gasteiger partial charge in [-0.15, -0.1) is 0 Å². The molecular weight excluding hydrogens is 371 g/mol. The average molecular weight is 389 g/mol. The first-order valence-electron chi connectivity index (χ1n) is 8.59. The van der Waals surface area contributed by atoms with Crippen molar-refractivity contribution in [1.29, 1.82) is 0 Å². The Hall–Kier alpha value is -3.13. The molecule has 1 aromatic heterocycles. The van der Waals surface area contributed by atoms with Gasteiger partial charge in [0, 0.05) is 17.3 Å². The fourth-order valence-corrected chi connectivity index (χ4v) is 3.07. The van der Waals surface area contributed by atoms with Crippen LogP contribution < -0.4 is 5.48 Å². The highest BCUT2D eigenvalue weighted by Crippen LogP contribution is 2.22. The van der Waals surface area contributed by atoms with Crippen LogP contribution in [0.2, 0.25) is 0 Å². The maximum absolute atomic E-state index is 14.3.